The molecule has 0 saturated carbocycles. The number of ether oxygens (including phenoxy) is 2. The molecular weight excluding hydrogens is 338 g/mol. The van der Waals surface area contributed by atoms with E-state index in [0.29, 0.717) is 23.8 Å². The molecule has 1 amide bonds. The molecule has 0 fully saturated rings. The first-order chi connectivity index (χ1) is 12.0. The van der Waals surface area contributed by atoms with Gasteiger partial charge in [0.05, 0.1) is 26.2 Å². The Kier molecular flexibility index (Phi) is 7.01. The maximum absolute atomic E-state index is 12.6. The van der Waals surface area contributed by atoms with Crippen molar-refractivity contribution in [2.75, 3.05) is 13.7 Å². The molecule has 1 unspecified atom stereocenters. The Labute approximate surface area is 152 Å². The molecule has 1 heterocycles. The van der Waals surface area contributed by atoms with E-state index in [1.807, 2.05) is 23.6 Å². The van der Waals surface area contributed by atoms with Crippen molar-refractivity contribution < 1.29 is 19.1 Å². The molecule has 5 nitrogen and oxygen atoms in total. The van der Waals surface area contributed by atoms with Gasteiger partial charge >= 0.3 is 5.97 Å². The lowest BCUT2D eigenvalue weighted by Crippen LogP contribution is -2.30. The minimum absolute atomic E-state index is 0.0896. The highest BCUT2D eigenvalue weighted by atomic mass is 32.1. The van der Waals surface area contributed by atoms with Crippen molar-refractivity contribution in [3.63, 3.8) is 0 Å². The molecule has 0 aliphatic heterocycles. The predicted octanol–water partition coefficient (Wildman–Crippen LogP) is 3.82. The van der Waals surface area contributed by atoms with Gasteiger partial charge in [-0.1, -0.05) is 26.0 Å². The topological polar surface area (TPSA) is 64.6 Å². The molecule has 25 heavy (non-hydrogen) atoms. The molecule has 0 spiro atoms. The number of benzene rings is 1. The second kappa shape index (κ2) is 9.22. The fraction of sp³-hybridized carbons (Fsp3) is 0.368. The zero-order valence-corrected chi connectivity index (χ0v) is 15.5. The first-order valence-electron chi connectivity index (χ1n) is 8.13. The van der Waals surface area contributed by atoms with Gasteiger partial charge < -0.3 is 14.8 Å². The molecule has 0 bridgehead atoms. The lowest BCUT2D eigenvalue weighted by Gasteiger charge is -2.17. The maximum atomic E-state index is 12.6. The number of carbonyl (C=O) groups excluding carboxylic acids is 2. The van der Waals surface area contributed by atoms with Gasteiger partial charge in [-0.3, -0.25) is 9.59 Å². The van der Waals surface area contributed by atoms with Gasteiger partial charge in [-0.2, -0.15) is 0 Å². The highest BCUT2D eigenvalue weighted by molar-refractivity contribution is 7.10. The van der Waals surface area contributed by atoms with E-state index in [4.69, 9.17) is 9.47 Å². The Bertz CT molecular complexity index is 697. The van der Waals surface area contributed by atoms with Gasteiger partial charge in [0.25, 0.3) is 5.91 Å². The summed E-state index contributed by atoms with van der Waals surface area (Å²) in [6.45, 7) is 4.72. The van der Waals surface area contributed by atoms with Crippen molar-refractivity contribution in [3.05, 3.63) is 52.2 Å². The van der Waals surface area contributed by atoms with Gasteiger partial charge in [-0.25, -0.2) is 0 Å². The third-order valence-electron chi connectivity index (χ3n) is 3.47. The summed E-state index contributed by atoms with van der Waals surface area (Å²) in [6.07, 6.45) is 0.0896. The first kappa shape index (κ1) is 19.0. The number of esters is 1. The van der Waals surface area contributed by atoms with Gasteiger partial charge in [0.1, 0.15) is 5.75 Å². The number of rotatable bonds is 8. The summed E-state index contributed by atoms with van der Waals surface area (Å²) in [7, 11) is 1.34. The molecule has 0 saturated heterocycles. The van der Waals surface area contributed by atoms with E-state index in [1.54, 1.807) is 18.2 Å². The zero-order chi connectivity index (χ0) is 18.2. The summed E-state index contributed by atoms with van der Waals surface area (Å²) < 4.78 is 10.4. The fourth-order valence-electron chi connectivity index (χ4n) is 2.19. The lowest BCUT2D eigenvalue weighted by molar-refractivity contribution is -0.141. The largest absolute Gasteiger partial charge is 0.493 e. The molecule has 1 aromatic heterocycles. The quantitative estimate of drug-likeness (QED) is 0.726. The Morgan fingerprint density at radius 2 is 2.00 bits per heavy atom. The fourth-order valence-corrected chi connectivity index (χ4v) is 2.97. The summed E-state index contributed by atoms with van der Waals surface area (Å²) in [5.74, 6) is 0.438. The SMILES string of the molecule is COC(=O)CC(NC(=O)c1cccc(OCC(C)C)c1)c1cccs1. The van der Waals surface area contributed by atoms with Crippen molar-refractivity contribution >= 4 is 23.2 Å². The highest BCUT2D eigenvalue weighted by Crippen LogP contribution is 2.23. The number of nitrogens with one attached hydrogen (secondary N) is 1. The van der Waals surface area contributed by atoms with E-state index in [9.17, 15) is 9.59 Å². The summed E-state index contributed by atoms with van der Waals surface area (Å²) in [4.78, 5) is 25.2. The summed E-state index contributed by atoms with van der Waals surface area (Å²) in [6, 6.07) is 10.4. The predicted molar refractivity (Wildman–Crippen MR) is 97.9 cm³/mol. The van der Waals surface area contributed by atoms with Crippen LogP contribution >= 0.6 is 11.3 Å². The maximum Gasteiger partial charge on any atom is 0.307 e. The van der Waals surface area contributed by atoms with Crippen LogP contribution in [-0.4, -0.2) is 25.6 Å². The molecule has 1 N–H and O–H groups in total. The van der Waals surface area contributed by atoms with E-state index in [2.05, 4.69) is 19.2 Å². The molecule has 6 heteroatoms. The number of amides is 1. The van der Waals surface area contributed by atoms with Crippen LogP contribution in [0, 0.1) is 5.92 Å². The van der Waals surface area contributed by atoms with Crippen LogP contribution in [0.3, 0.4) is 0 Å². The Hall–Kier alpha value is -2.34. The summed E-state index contributed by atoms with van der Waals surface area (Å²) >= 11 is 1.49. The zero-order valence-electron chi connectivity index (χ0n) is 14.7. The third kappa shape index (κ3) is 5.90. The average molecular weight is 361 g/mol. The Morgan fingerprint density at radius 1 is 1.20 bits per heavy atom. The monoisotopic (exact) mass is 361 g/mol. The molecule has 2 aromatic rings. The van der Waals surface area contributed by atoms with Crippen LogP contribution in [0.15, 0.2) is 41.8 Å². The smallest absolute Gasteiger partial charge is 0.307 e. The van der Waals surface area contributed by atoms with Crippen LogP contribution in [-0.2, 0) is 9.53 Å². The van der Waals surface area contributed by atoms with Crippen molar-refractivity contribution in [1.29, 1.82) is 0 Å². The van der Waals surface area contributed by atoms with Gasteiger partial charge in [0.15, 0.2) is 0 Å². The molecule has 0 aliphatic rings. The van der Waals surface area contributed by atoms with E-state index in [-0.39, 0.29) is 18.3 Å². The average Bonchev–Trinajstić information content (AvgIpc) is 3.14. The van der Waals surface area contributed by atoms with Gasteiger partial charge in [0, 0.05) is 10.4 Å². The second-order valence-corrected chi connectivity index (χ2v) is 7.03. The molecule has 1 atom stereocenters. The highest BCUT2D eigenvalue weighted by Gasteiger charge is 2.20. The molecule has 0 aliphatic carbocycles. The normalized spacial score (nSPS) is 11.8. The van der Waals surface area contributed by atoms with Gasteiger partial charge in [-0.15, -0.1) is 11.3 Å². The van der Waals surface area contributed by atoms with Crippen LogP contribution in [0.2, 0.25) is 0 Å². The van der Waals surface area contributed by atoms with Crippen LogP contribution in [0.1, 0.15) is 41.5 Å². The van der Waals surface area contributed by atoms with E-state index in [0.717, 1.165) is 4.88 Å². The standard InChI is InChI=1S/C19H23NO4S/c1-13(2)12-24-15-7-4-6-14(10-15)19(22)20-16(11-18(21)23-3)17-8-5-9-25-17/h4-10,13,16H,11-12H2,1-3H3,(H,20,22). The number of methoxy groups -OCH3 is 1. The van der Waals surface area contributed by atoms with Crippen LogP contribution < -0.4 is 10.1 Å². The van der Waals surface area contributed by atoms with Crippen molar-refractivity contribution in [3.8, 4) is 5.75 Å². The summed E-state index contributed by atoms with van der Waals surface area (Å²) in [5.41, 5.74) is 0.493. The van der Waals surface area contributed by atoms with Gasteiger partial charge in [-0.05, 0) is 35.6 Å². The van der Waals surface area contributed by atoms with Crippen LogP contribution in [0.5, 0.6) is 5.75 Å². The van der Waals surface area contributed by atoms with Gasteiger partial charge in [0.2, 0.25) is 0 Å². The van der Waals surface area contributed by atoms with Crippen molar-refractivity contribution in [1.82, 2.24) is 5.32 Å². The van der Waals surface area contributed by atoms with E-state index >= 15 is 0 Å². The number of carbonyl (C=O) groups is 2. The molecule has 0 radical (unpaired) electrons. The molecular formula is C19H23NO4S. The number of hydrogen-bond acceptors (Lipinski definition) is 5. The molecule has 134 valence electrons. The number of thiophene rings is 1. The molecule has 2 rings (SSSR count). The molecule has 1 aromatic carbocycles. The minimum Gasteiger partial charge on any atom is -0.493 e. The first-order valence-corrected chi connectivity index (χ1v) is 9.01. The van der Waals surface area contributed by atoms with E-state index < -0.39 is 6.04 Å². The third-order valence-corrected chi connectivity index (χ3v) is 4.46. The summed E-state index contributed by atoms with van der Waals surface area (Å²) in [5, 5.41) is 4.82. The van der Waals surface area contributed by atoms with Crippen LogP contribution in [0.25, 0.3) is 0 Å². The Balaban J connectivity index is 2.09. The lowest BCUT2D eigenvalue weighted by atomic mass is 10.1. The van der Waals surface area contributed by atoms with Crippen molar-refractivity contribution in [2.24, 2.45) is 5.92 Å². The number of hydrogen-bond donors (Lipinski definition) is 1. The minimum atomic E-state index is -0.416. The van der Waals surface area contributed by atoms with Crippen LogP contribution in [0.4, 0.5) is 0 Å². The van der Waals surface area contributed by atoms with Crippen molar-refractivity contribution in [2.45, 2.75) is 26.3 Å². The second-order valence-electron chi connectivity index (χ2n) is 6.05. The van der Waals surface area contributed by atoms with E-state index in [1.165, 1.54) is 18.4 Å². The Morgan fingerprint density at radius 3 is 2.64 bits per heavy atom.